The van der Waals surface area contributed by atoms with Crippen molar-refractivity contribution in [2.45, 2.75) is 23.1 Å². The van der Waals surface area contributed by atoms with Gasteiger partial charge in [-0.05, 0) is 16.0 Å². The lowest BCUT2D eigenvalue weighted by Crippen LogP contribution is -2.71. The molecule has 0 radical (unpaired) electrons. The van der Waals surface area contributed by atoms with Crippen LogP contribution >= 0.6 is 34.9 Å². The molecule has 1 unspecified atom stereocenters. The SMILES string of the molecule is C#CCn1nnnc1SCC1=C(C(=O)O)N2C(=O)C(NC(=O)C(=NOCC(=O)O)c3csc(N)n3)[C@H]2SC1. The number of terminal acetylenes is 1. The minimum Gasteiger partial charge on any atom is -0.479 e. The van der Waals surface area contributed by atoms with Crippen molar-refractivity contribution in [3.8, 4) is 12.3 Å². The number of hydrogen-bond acceptors (Lipinski definition) is 14. The highest BCUT2D eigenvalue weighted by atomic mass is 32.2. The molecule has 198 valence electrons. The molecule has 0 spiro atoms. The number of rotatable bonds is 11. The second kappa shape index (κ2) is 11.5. The molecule has 0 saturated carbocycles. The van der Waals surface area contributed by atoms with E-state index in [0.29, 0.717) is 10.7 Å². The summed E-state index contributed by atoms with van der Waals surface area (Å²) < 4.78 is 1.39. The largest absolute Gasteiger partial charge is 0.479 e. The van der Waals surface area contributed by atoms with Crippen molar-refractivity contribution in [3.05, 3.63) is 22.3 Å². The first kappa shape index (κ1) is 26.9. The summed E-state index contributed by atoms with van der Waals surface area (Å²) in [6.45, 7) is -0.670. The molecule has 4 rings (SSSR count). The Morgan fingerprint density at radius 3 is 2.84 bits per heavy atom. The number of nitrogens with one attached hydrogen (secondary N) is 1. The van der Waals surface area contributed by atoms with Gasteiger partial charge in [0.1, 0.15) is 29.4 Å². The number of amides is 2. The van der Waals surface area contributed by atoms with Crippen LogP contribution < -0.4 is 11.1 Å². The molecule has 19 heteroatoms. The van der Waals surface area contributed by atoms with Gasteiger partial charge in [0.25, 0.3) is 11.8 Å². The van der Waals surface area contributed by atoms with Crippen molar-refractivity contribution in [1.82, 2.24) is 35.4 Å². The Morgan fingerprint density at radius 1 is 1.39 bits per heavy atom. The molecule has 0 aliphatic carbocycles. The van der Waals surface area contributed by atoms with Crippen molar-refractivity contribution >= 4 is 69.5 Å². The van der Waals surface area contributed by atoms with E-state index in [1.165, 1.54) is 33.6 Å². The van der Waals surface area contributed by atoms with E-state index < -0.39 is 41.8 Å². The molecular formula is C19H17N9O7S3. The van der Waals surface area contributed by atoms with Gasteiger partial charge in [0.2, 0.25) is 11.8 Å². The van der Waals surface area contributed by atoms with Gasteiger partial charge in [-0.2, -0.15) is 0 Å². The number of nitrogens with two attached hydrogens (primary N) is 1. The Hall–Kier alpha value is -4.15. The number of aromatic nitrogens is 5. The number of carboxylic acid groups (broad SMARTS) is 2. The van der Waals surface area contributed by atoms with Crippen LogP contribution in [0.4, 0.5) is 5.13 Å². The molecule has 2 atom stereocenters. The highest BCUT2D eigenvalue weighted by Gasteiger charge is 2.54. The Morgan fingerprint density at radius 2 is 2.18 bits per heavy atom. The normalized spacial score (nSPS) is 18.9. The lowest BCUT2D eigenvalue weighted by molar-refractivity contribution is -0.150. The highest BCUT2D eigenvalue weighted by molar-refractivity contribution is 8.01. The van der Waals surface area contributed by atoms with E-state index in [-0.39, 0.29) is 40.3 Å². The fourth-order valence-corrected chi connectivity index (χ4v) is 6.30. The molecule has 2 amide bonds. The van der Waals surface area contributed by atoms with Crippen LogP contribution in [0, 0.1) is 12.3 Å². The van der Waals surface area contributed by atoms with Crippen LogP contribution in [0.1, 0.15) is 5.69 Å². The van der Waals surface area contributed by atoms with Crippen LogP contribution in [0.15, 0.2) is 27.0 Å². The fourth-order valence-electron chi connectivity index (χ4n) is 3.39. The maximum atomic E-state index is 13.0. The predicted octanol–water partition coefficient (Wildman–Crippen LogP) is -1.32. The number of hydrogen-bond donors (Lipinski definition) is 4. The summed E-state index contributed by atoms with van der Waals surface area (Å²) in [6.07, 6.45) is 5.30. The third-order valence-corrected chi connectivity index (χ3v) is 8.03. The molecule has 2 aliphatic rings. The third-order valence-electron chi connectivity index (χ3n) is 4.98. The minimum atomic E-state index is -1.32. The second-order valence-corrected chi connectivity index (χ2v) is 10.3. The summed E-state index contributed by atoms with van der Waals surface area (Å²) in [4.78, 5) is 58.5. The number of thioether (sulfide) groups is 2. The van der Waals surface area contributed by atoms with Crippen molar-refractivity contribution in [3.63, 3.8) is 0 Å². The number of carbonyl (C=O) groups excluding carboxylic acids is 2. The van der Waals surface area contributed by atoms with Crippen LogP contribution in [0.2, 0.25) is 0 Å². The first-order valence-corrected chi connectivity index (χ1v) is 13.3. The first-order valence-electron chi connectivity index (χ1n) is 10.4. The molecule has 16 nitrogen and oxygen atoms in total. The van der Waals surface area contributed by atoms with Crippen LogP contribution in [0.5, 0.6) is 0 Å². The smallest absolute Gasteiger partial charge is 0.352 e. The van der Waals surface area contributed by atoms with Gasteiger partial charge in [-0.15, -0.1) is 34.6 Å². The molecule has 1 fully saturated rings. The Labute approximate surface area is 225 Å². The van der Waals surface area contributed by atoms with E-state index in [1.54, 1.807) is 0 Å². The lowest BCUT2D eigenvalue weighted by Gasteiger charge is -2.49. The van der Waals surface area contributed by atoms with Gasteiger partial charge in [-0.3, -0.25) is 14.5 Å². The molecule has 38 heavy (non-hydrogen) atoms. The number of carbonyl (C=O) groups is 4. The van der Waals surface area contributed by atoms with Gasteiger partial charge in [0.05, 0.1) is 0 Å². The third kappa shape index (κ3) is 5.56. The van der Waals surface area contributed by atoms with E-state index in [1.807, 2.05) is 0 Å². The van der Waals surface area contributed by atoms with E-state index in [2.05, 4.69) is 41.7 Å². The number of fused-ring (bicyclic) bond motifs is 1. The summed E-state index contributed by atoms with van der Waals surface area (Å²) in [5.41, 5.74) is 5.54. The fraction of sp³-hybridized carbons (Fsp3) is 0.316. The number of β-lactam (4-membered cyclic amide) rings is 1. The highest BCUT2D eigenvalue weighted by Crippen LogP contribution is 2.41. The zero-order valence-corrected chi connectivity index (χ0v) is 21.5. The van der Waals surface area contributed by atoms with Gasteiger partial charge in [0.15, 0.2) is 10.8 Å². The summed E-state index contributed by atoms with van der Waals surface area (Å²) in [5, 5.41) is 37.1. The summed E-state index contributed by atoms with van der Waals surface area (Å²) >= 11 is 3.46. The average Bonchev–Trinajstić information content (AvgIpc) is 3.51. The van der Waals surface area contributed by atoms with E-state index in [0.717, 1.165) is 16.2 Å². The molecule has 5 N–H and O–H groups in total. The quantitative estimate of drug-likeness (QED) is 0.0796. The van der Waals surface area contributed by atoms with Gasteiger partial charge < -0.3 is 26.1 Å². The number of thiazole rings is 1. The minimum absolute atomic E-state index is 0.0212. The molecule has 2 aromatic rings. The van der Waals surface area contributed by atoms with Crippen molar-refractivity contribution in [2.24, 2.45) is 5.16 Å². The monoisotopic (exact) mass is 579 g/mol. The van der Waals surface area contributed by atoms with Gasteiger partial charge in [-0.25, -0.2) is 19.3 Å². The molecular weight excluding hydrogens is 562 g/mol. The van der Waals surface area contributed by atoms with Gasteiger partial charge >= 0.3 is 11.9 Å². The van der Waals surface area contributed by atoms with E-state index in [4.69, 9.17) is 17.3 Å². The van der Waals surface area contributed by atoms with Crippen molar-refractivity contribution in [1.29, 1.82) is 0 Å². The zero-order chi connectivity index (χ0) is 27.4. The average molecular weight is 580 g/mol. The Bertz CT molecular complexity index is 1400. The van der Waals surface area contributed by atoms with E-state index >= 15 is 0 Å². The lowest BCUT2D eigenvalue weighted by atomic mass is 10.0. The van der Waals surface area contributed by atoms with Crippen LogP contribution in [-0.4, -0.2) is 99.3 Å². The Kier molecular flexibility index (Phi) is 8.13. The predicted molar refractivity (Wildman–Crippen MR) is 134 cm³/mol. The summed E-state index contributed by atoms with van der Waals surface area (Å²) in [5.74, 6) is -1.26. The van der Waals surface area contributed by atoms with Crippen molar-refractivity contribution < 1.29 is 34.2 Å². The van der Waals surface area contributed by atoms with Crippen molar-refractivity contribution in [2.75, 3.05) is 23.8 Å². The second-order valence-electron chi connectivity index (χ2n) is 7.41. The maximum absolute atomic E-state index is 13.0. The number of anilines is 1. The first-order chi connectivity index (χ1) is 18.2. The topological polar surface area (TPSA) is 228 Å². The number of carboxylic acids is 2. The Balaban J connectivity index is 1.49. The number of nitrogens with zero attached hydrogens (tertiary/aromatic N) is 7. The standard InChI is InChI=1S/C19H17N9O7S3/c1-2-3-27-19(23-25-26-27)38-6-8-5-36-16-12(15(32)28(16)13(8)17(33)34)22-14(31)11(24-35-4-10(29)30)9-7-37-18(20)21-9/h1,7,12,16H,3-6H2,(H2,20,21)(H,22,31)(H,29,30)(H,33,34)/t12?,16-/m1/s1. The molecule has 2 aromatic heterocycles. The molecule has 4 heterocycles. The molecule has 0 bridgehead atoms. The summed E-state index contributed by atoms with van der Waals surface area (Å²) in [7, 11) is 0. The van der Waals surface area contributed by atoms with Crippen LogP contribution in [-0.2, 0) is 30.6 Å². The summed E-state index contributed by atoms with van der Waals surface area (Å²) in [6, 6.07) is -1.07. The van der Waals surface area contributed by atoms with E-state index in [9.17, 15) is 24.3 Å². The van der Waals surface area contributed by atoms with Gasteiger partial charge in [-0.1, -0.05) is 22.8 Å². The molecule has 2 aliphatic heterocycles. The van der Waals surface area contributed by atoms with Gasteiger partial charge in [0, 0.05) is 16.9 Å². The maximum Gasteiger partial charge on any atom is 0.352 e. The number of oxime groups is 1. The molecule has 1 saturated heterocycles. The number of aliphatic carboxylic acids is 2. The van der Waals surface area contributed by atoms with Crippen LogP contribution in [0.3, 0.4) is 0 Å². The zero-order valence-electron chi connectivity index (χ0n) is 19.0. The van der Waals surface area contributed by atoms with Crippen LogP contribution in [0.25, 0.3) is 0 Å². The number of tetrazole rings is 1. The molecule has 0 aromatic carbocycles. The number of nitrogen functional groups attached to an aromatic ring is 1.